The molecule has 14 heavy (non-hydrogen) atoms. The van der Waals surface area contributed by atoms with Crippen molar-refractivity contribution < 1.29 is 0 Å². The average Bonchev–Trinajstić information content (AvgIpc) is 2.04. The van der Waals surface area contributed by atoms with E-state index in [9.17, 15) is 0 Å². The molecule has 0 N–H and O–H groups in total. The second-order valence-electron chi connectivity index (χ2n) is 3.31. The molecular weight excluding hydrogens is 168 g/mol. The normalized spacial score (nSPS) is 6.57. The van der Waals surface area contributed by atoms with Crippen LogP contribution in [-0.2, 0) is 0 Å². The first-order valence-electron chi connectivity index (χ1n) is 4.45. The summed E-state index contributed by atoms with van der Waals surface area (Å²) in [6.45, 7) is 25.4. The van der Waals surface area contributed by atoms with Gasteiger partial charge in [-0.05, 0) is 27.7 Å². The van der Waals surface area contributed by atoms with E-state index >= 15 is 0 Å². The summed E-state index contributed by atoms with van der Waals surface area (Å²) in [5.74, 6) is 0. The molecule has 0 aliphatic carbocycles. The van der Waals surface area contributed by atoms with Crippen LogP contribution >= 0.6 is 0 Å². The SMILES string of the molecule is C=C(C)C.C=CC(=C)C.C=CC(=C)C. The second kappa shape index (κ2) is 14.2. The third-order valence-corrected chi connectivity index (χ3v) is 0.697. The summed E-state index contributed by atoms with van der Waals surface area (Å²) in [5.41, 5.74) is 3.20. The molecule has 0 heterocycles. The van der Waals surface area contributed by atoms with Crippen LogP contribution in [0.3, 0.4) is 0 Å². The van der Waals surface area contributed by atoms with Crippen LogP contribution in [0.15, 0.2) is 61.8 Å². The van der Waals surface area contributed by atoms with Gasteiger partial charge in [0.2, 0.25) is 0 Å². The molecule has 0 aliphatic rings. The quantitative estimate of drug-likeness (QED) is 0.423. The highest BCUT2D eigenvalue weighted by atomic mass is 13.7. The zero-order valence-electron chi connectivity index (χ0n) is 10.2. The Bertz CT molecular complexity index is 182. The molecule has 0 unspecified atom stereocenters. The van der Waals surface area contributed by atoms with Gasteiger partial charge in [0, 0.05) is 0 Å². The maximum atomic E-state index is 3.56. The van der Waals surface area contributed by atoms with Crippen LogP contribution in [0.2, 0.25) is 0 Å². The van der Waals surface area contributed by atoms with Crippen LogP contribution in [-0.4, -0.2) is 0 Å². The summed E-state index contributed by atoms with van der Waals surface area (Å²) >= 11 is 0. The molecule has 0 aromatic rings. The van der Waals surface area contributed by atoms with Crippen molar-refractivity contribution >= 4 is 0 Å². The van der Waals surface area contributed by atoms with Crippen molar-refractivity contribution in [1.82, 2.24) is 0 Å². The van der Waals surface area contributed by atoms with Crippen molar-refractivity contribution in [3.8, 4) is 0 Å². The van der Waals surface area contributed by atoms with Crippen molar-refractivity contribution in [2.45, 2.75) is 27.7 Å². The van der Waals surface area contributed by atoms with E-state index in [4.69, 9.17) is 0 Å². The van der Waals surface area contributed by atoms with E-state index in [1.165, 1.54) is 5.57 Å². The molecule has 0 spiro atoms. The summed E-state index contributed by atoms with van der Waals surface area (Å²) in [5, 5.41) is 0. The molecule has 0 aliphatic heterocycles. The Labute approximate surface area is 90.0 Å². The van der Waals surface area contributed by atoms with Crippen LogP contribution in [0.25, 0.3) is 0 Å². The van der Waals surface area contributed by atoms with Gasteiger partial charge in [0.05, 0.1) is 0 Å². The first-order chi connectivity index (χ1) is 6.27. The predicted molar refractivity (Wildman–Crippen MR) is 70.5 cm³/mol. The van der Waals surface area contributed by atoms with Crippen LogP contribution in [0.4, 0.5) is 0 Å². The Kier molecular flexibility index (Phi) is 18.8. The summed E-state index contributed by atoms with van der Waals surface area (Å²) in [6, 6.07) is 0. The van der Waals surface area contributed by atoms with Crippen molar-refractivity contribution in [3.05, 3.63) is 61.8 Å². The maximum Gasteiger partial charge on any atom is -0.0404 e. The molecule has 0 saturated heterocycles. The lowest BCUT2D eigenvalue weighted by atomic mass is 10.4. The molecule has 0 radical (unpaired) electrons. The Hall–Kier alpha value is -1.30. The van der Waals surface area contributed by atoms with Gasteiger partial charge in [0.25, 0.3) is 0 Å². The fourth-order valence-electron chi connectivity index (χ4n) is 0. The molecule has 0 nitrogen and oxygen atoms in total. The topological polar surface area (TPSA) is 0 Å². The number of hydrogen-bond donors (Lipinski definition) is 0. The first-order valence-corrected chi connectivity index (χ1v) is 4.45. The van der Waals surface area contributed by atoms with E-state index < -0.39 is 0 Å². The molecule has 0 heteroatoms. The first kappa shape index (κ1) is 18.5. The van der Waals surface area contributed by atoms with Gasteiger partial charge in [-0.15, -0.1) is 6.58 Å². The van der Waals surface area contributed by atoms with Crippen molar-refractivity contribution in [2.75, 3.05) is 0 Å². The molecule has 0 aromatic carbocycles. The summed E-state index contributed by atoms with van der Waals surface area (Å²) in [7, 11) is 0. The van der Waals surface area contributed by atoms with Crippen molar-refractivity contribution in [3.63, 3.8) is 0 Å². The lowest BCUT2D eigenvalue weighted by Crippen LogP contribution is -1.50. The highest BCUT2D eigenvalue weighted by molar-refractivity contribution is 5.06. The molecule has 0 aromatic heterocycles. The zero-order chi connectivity index (χ0) is 12.1. The summed E-state index contributed by atoms with van der Waals surface area (Å²) < 4.78 is 0. The van der Waals surface area contributed by atoms with Gasteiger partial charge in [-0.25, -0.2) is 0 Å². The van der Waals surface area contributed by atoms with E-state index in [2.05, 4.69) is 32.9 Å². The molecule has 0 atom stereocenters. The molecule has 0 amide bonds. The Morgan fingerprint density at radius 2 is 0.786 bits per heavy atom. The van der Waals surface area contributed by atoms with Gasteiger partial charge in [-0.3, -0.25) is 0 Å². The van der Waals surface area contributed by atoms with Gasteiger partial charge < -0.3 is 0 Å². The van der Waals surface area contributed by atoms with E-state index in [1.54, 1.807) is 12.2 Å². The zero-order valence-corrected chi connectivity index (χ0v) is 10.2. The van der Waals surface area contributed by atoms with E-state index in [-0.39, 0.29) is 0 Å². The smallest absolute Gasteiger partial charge is 0.0404 e. The lowest BCUT2D eigenvalue weighted by Gasteiger charge is -1.71. The number of hydrogen-bond acceptors (Lipinski definition) is 0. The summed E-state index contributed by atoms with van der Waals surface area (Å²) in [6.07, 6.45) is 3.44. The highest BCUT2D eigenvalue weighted by Gasteiger charge is 1.59. The highest BCUT2D eigenvalue weighted by Crippen LogP contribution is 1.81. The largest absolute Gasteiger partial charge is 0.100 e. The standard InChI is InChI=1S/2C5H8.C4H8/c2*1-4-5(2)3;1-4(2)3/h2*4H,1-2H2,3H3;1H2,2-3H3. The van der Waals surface area contributed by atoms with Gasteiger partial charge >= 0.3 is 0 Å². The summed E-state index contributed by atoms with van der Waals surface area (Å²) in [4.78, 5) is 0. The van der Waals surface area contributed by atoms with Crippen molar-refractivity contribution in [1.29, 1.82) is 0 Å². The maximum absolute atomic E-state index is 3.56. The van der Waals surface area contributed by atoms with Gasteiger partial charge in [0.15, 0.2) is 0 Å². The van der Waals surface area contributed by atoms with Crippen LogP contribution < -0.4 is 0 Å². The Morgan fingerprint density at radius 3 is 0.786 bits per heavy atom. The van der Waals surface area contributed by atoms with E-state index in [0.29, 0.717) is 0 Å². The molecular formula is C14H24. The number of rotatable bonds is 2. The number of allylic oxidation sites excluding steroid dienone is 5. The third-order valence-electron chi connectivity index (χ3n) is 0.697. The van der Waals surface area contributed by atoms with Gasteiger partial charge in [-0.1, -0.05) is 55.2 Å². The van der Waals surface area contributed by atoms with E-state index in [0.717, 1.165) is 11.1 Å². The van der Waals surface area contributed by atoms with E-state index in [1.807, 2.05) is 27.7 Å². The molecule has 0 bridgehead atoms. The third kappa shape index (κ3) is 138. The molecule has 0 saturated carbocycles. The van der Waals surface area contributed by atoms with Crippen molar-refractivity contribution in [2.24, 2.45) is 0 Å². The predicted octanol–water partition coefficient (Wildman–Crippen LogP) is 5.08. The van der Waals surface area contributed by atoms with Crippen LogP contribution in [0.5, 0.6) is 0 Å². The average molecular weight is 192 g/mol. The Morgan fingerprint density at radius 1 is 0.714 bits per heavy atom. The minimum Gasteiger partial charge on any atom is -0.100 e. The monoisotopic (exact) mass is 192 g/mol. The molecule has 0 rings (SSSR count). The second-order valence-corrected chi connectivity index (χ2v) is 3.31. The van der Waals surface area contributed by atoms with Crippen LogP contribution in [0, 0.1) is 0 Å². The minimum absolute atomic E-state index is 1.02. The minimum atomic E-state index is 1.02. The fraction of sp³-hybridized carbons (Fsp3) is 0.286. The molecule has 80 valence electrons. The Balaban J connectivity index is -0.000000131. The van der Waals surface area contributed by atoms with Gasteiger partial charge in [-0.2, -0.15) is 0 Å². The van der Waals surface area contributed by atoms with Crippen LogP contribution in [0.1, 0.15) is 27.7 Å². The lowest BCUT2D eigenvalue weighted by molar-refractivity contribution is 1.42. The molecule has 0 fully saturated rings. The van der Waals surface area contributed by atoms with Gasteiger partial charge in [0.1, 0.15) is 0 Å². The fourth-order valence-corrected chi connectivity index (χ4v) is 0.